The highest BCUT2D eigenvalue weighted by atomic mass is 35.5. The van der Waals surface area contributed by atoms with E-state index in [0.29, 0.717) is 18.2 Å². The lowest BCUT2D eigenvalue weighted by atomic mass is 9.69. The van der Waals surface area contributed by atoms with Crippen molar-refractivity contribution in [3.8, 4) is 0 Å². The molecule has 2 aliphatic rings. The van der Waals surface area contributed by atoms with Crippen molar-refractivity contribution in [3.05, 3.63) is 33.2 Å². The Morgan fingerprint density at radius 1 is 1.38 bits per heavy atom. The topological polar surface area (TPSA) is 51.1 Å². The number of carbonyl (C=O) groups is 1. The summed E-state index contributed by atoms with van der Waals surface area (Å²) >= 11 is 5.62. The lowest BCUT2D eigenvalue weighted by Crippen LogP contribution is -2.48. The molecule has 2 fully saturated rings. The van der Waals surface area contributed by atoms with Crippen LogP contribution in [0.1, 0.15) is 45.6 Å². The maximum Gasteiger partial charge on any atom is 0.417 e. The van der Waals surface area contributed by atoms with Crippen LogP contribution in [0.15, 0.2) is 17.1 Å². The van der Waals surface area contributed by atoms with Gasteiger partial charge in [-0.1, -0.05) is 32.4 Å². The first-order valence-electron chi connectivity index (χ1n) is 8.63. The summed E-state index contributed by atoms with van der Waals surface area (Å²) in [4.78, 5) is 24.4. The van der Waals surface area contributed by atoms with Crippen LogP contribution in [0.25, 0.3) is 0 Å². The van der Waals surface area contributed by atoms with Gasteiger partial charge in [0, 0.05) is 12.2 Å². The van der Waals surface area contributed by atoms with E-state index in [1.54, 1.807) is 0 Å². The minimum Gasteiger partial charge on any atom is -0.351 e. The van der Waals surface area contributed by atoms with Gasteiger partial charge in [-0.05, 0) is 42.1 Å². The van der Waals surface area contributed by atoms with Crippen molar-refractivity contribution >= 4 is 17.5 Å². The number of aromatic nitrogens is 1. The molecule has 4 nitrogen and oxygen atoms in total. The first kappa shape index (κ1) is 19.3. The smallest absolute Gasteiger partial charge is 0.351 e. The Kier molecular flexibility index (Phi) is 4.45. The molecule has 2 bridgehead atoms. The molecule has 0 radical (unpaired) electrons. The van der Waals surface area contributed by atoms with E-state index in [9.17, 15) is 22.8 Å². The number of nitrogens with one attached hydrogen (secondary N) is 1. The van der Waals surface area contributed by atoms with Crippen molar-refractivity contribution in [2.75, 3.05) is 0 Å². The normalized spacial score (nSPS) is 29.8. The highest BCUT2D eigenvalue weighted by Gasteiger charge is 2.61. The van der Waals surface area contributed by atoms with E-state index in [1.807, 2.05) is 0 Å². The molecule has 1 aromatic heterocycles. The predicted octanol–water partition coefficient (Wildman–Crippen LogP) is 3.85. The molecule has 8 heteroatoms. The van der Waals surface area contributed by atoms with Gasteiger partial charge in [0.1, 0.15) is 11.6 Å². The van der Waals surface area contributed by atoms with E-state index in [0.717, 1.165) is 23.8 Å². The fourth-order valence-electron chi connectivity index (χ4n) is 4.69. The van der Waals surface area contributed by atoms with Crippen LogP contribution in [0.3, 0.4) is 0 Å². The van der Waals surface area contributed by atoms with Crippen molar-refractivity contribution < 1.29 is 18.0 Å². The van der Waals surface area contributed by atoms with Crippen LogP contribution in [-0.2, 0) is 17.5 Å². The Morgan fingerprint density at radius 3 is 2.54 bits per heavy atom. The number of nitrogens with zero attached hydrogens (tertiary/aromatic N) is 1. The molecule has 1 aromatic rings. The van der Waals surface area contributed by atoms with Crippen LogP contribution in [-0.4, -0.2) is 16.5 Å². The molecular weight excluding hydrogens is 369 g/mol. The van der Waals surface area contributed by atoms with E-state index in [1.165, 1.54) is 0 Å². The second-order valence-electron chi connectivity index (χ2n) is 8.24. The second kappa shape index (κ2) is 6.01. The number of fused-ring (bicyclic) bond motifs is 2. The van der Waals surface area contributed by atoms with Gasteiger partial charge in [-0.3, -0.25) is 9.59 Å². The minimum atomic E-state index is -4.64. The first-order valence-corrected chi connectivity index (χ1v) is 9.00. The second-order valence-corrected chi connectivity index (χ2v) is 8.65. The number of rotatable bonds is 3. The average molecular weight is 391 g/mol. The predicted molar refractivity (Wildman–Crippen MR) is 91.9 cm³/mol. The maximum atomic E-state index is 12.9. The van der Waals surface area contributed by atoms with Gasteiger partial charge in [0.2, 0.25) is 5.91 Å². The van der Waals surface area contributed by atoms with Gasteiger partial charge in [-0.2, -0.15) is 13.2 Å². The third-order valence-electron chi connectivity index (χ3n) is 6.81. The van der Waals surface area contributed by atoms with Crippen molar-refractivity contribution in [1.82, 2.24) is 9.88 Å². The van der Waals surface area contributed by atoms with Gasteiger partial charge in [-0.25, -0.2) is 0 Å². The molecule has 0 spiro atoms. The van der Waals surface area contributed by atoms with E-state index < -0.39 is 34.8 Å². The molecule has 1 heterocycles. The third kappa shape index (κ3) is 2.94. The fourth-order valence-corrected chi connectivity index (χ4v) is 4.91. The molecule has 3 rings (SSSR count). The molecular formula is C18H22ClF3N2O2. The van der Waals surface area contributed by atoms with Gasteiger partial charge in [-0.15, -0.1) is 0 Å². The Bertz CT molecular complexity index is 803. The third-order valence-corrected chi connectivity index (χ3v) is 7.08. The van der Waals surface area contributed by atoms with Crippen molar-refractivity contribution in [1.29, 1.82) is 0 Å². The molecule has 144 valence electrons. The Hall–Kier alpha value is -1.50. The Balaban J connectivity index is 1.78. The van der Waals surface area contributed by atoms with Crippen LogP contribution in [0.2, 0.25) is 5.02 Å². The lowest BCUT2D eigenvalue weighted by molar-refractivity contribution is -0.138. The number of alkyl halides is 3. The van der Waals surface area contributed by atoms with E-state index in [-0.39, 0.29) is 16.9 Å². The molecule has 26 heavy (non-hydrogen) atoms. The van der Waals surface area contributed by atoms with Crippen LogP contribution in [0, 0.1) is 16.7 Å². The summed E-state index contributed by atoms with van der Waals surface area (Å²) in [6.45, 7) is 6.07. The molecule has 0 aromatic carbocycles. The van der Waals surface area contributed by atoms with Crippen LogP contribution in [0.5, 0.6) is 0 Å². The minimum absolute atomic E-state index is 0.0410. The van der Waals surface area contributed by atoms with Gasteiger partial charge in [0.15, 0.2) is 0 Å². The summed E-state index contributed by atoms with van der Waals surface area (Å²) < 4.78 is 39.4. The first-order chi connectivity index (χ1) is 11.9. The summed E-state index contributed by atoms with van der Waals surface area (Å²) in [7, 11) is 0. The van der Waals surface area contributed by atoms with Crippen molar-refractivity contribution in [2.45, 2.75) is 58.8 Å². The number of pyridine rings is 1. The van der Waals surface area contributed by atoms with Crippen LogP contribution in [0.4, 0.5) is 13.2 Å². The van der Waals surface area contributed by atoms with Gasteiger partial charge in [0.05, 0.1) is 5.56 Å². The number of halogens is 4. The van der Waals surface area contributed by atoms with Gasteiger partial charge in [0.25, 0.3) is 5.56 Å². The molecule has 2 aliphatic carbocycles. The molecule has 3 atom stereocenters. The van der Waals surface area contributed by atoms with Crippen molar-refractivity contribution in [3.63, 3.8) is 0 Å². The Morgan fingerprint density at radius 2 is 2.04 bits per heavy atom. The summed E-state index contributed by atoms with van der Waals surface area (Å²) in [5.74, 6) is 0.0422. The number of carbonyl (C=O) groups excluding carboxylic acids is 1. The van der Waals surface area contributed by atoms with Gasteiger partial charge >= 0.3 is 6.18 Å². The SMILES string of the molecule is CC1(C)C2CCC1(C)C(NC(=O)Cn1cc(C(F)(F)F)cc(Cl)c1=O)C2. The lowest BCUT2D eigenvalue weighted by Gasteiger charge is -2.39. The molecule has 1 amide bonds. The van der Waals surface area contributed by atoms with Crippen LogP contribution < -0.4 is 10.9 Å². The zero-order chi connectivity index (χ0) is 19.5. The summed E-state index contributed by atoms with van der Waals surface area (Å²) in [5, 5.41) is 2.38. The zero-order valence-corrected chi connectivity index (χ0v) is 15.7. The average Bonchev–Trinajstić information content (AvgIpc) is 2.84. The van der Waals surface area contributed by atoms with E-state index in [4.69, 9.17) is 11.6 Å². The Labute approximate surface area is 154 Å². The molecule has 1 N–H and O–H groups in total. The fraction of sp³-hybridized carbons (Fsp3) is 0.667. The quantitative estimate of drug-likeness (QED) is 0.852. The molecule has 0 saturated heterocycles. The largest absolute Gasteiger partial charge is 0.417 e. The van der Waals surface area contributed by atoms with Crippen LogP contribution >= 0.6 is 11.6 Å². The van der Waals surface area contributed by atoms with Crippen molar-refractivity contribution in [2.24, 2.45) is 16.7 Å². The van der Waals surface area contributed by atoms with E-state index >= 15 is 0 Å². The molecule has 0 aliphatic heterocycles. The summed E-state index contributed by atoms with van der Waals surface area (Å²) in [5.41, 5.74) is -1.82. The number of amides is 1. The molecule has 3 unspecified atom stereocenters. The number of hydrogen-bond acceptors (Lipinski definition) is 2. The number of hydrogen-bond donors (Lipinski definition) is 1. The highest BCUT2D eigenvalue weighted by Crippen LogP contribution is 2.65. The standard InChI is InChI=1S/C18H22ClF3N2O2/c1-16(2)10-4-5-17(16,3)13(7-10)23-14(25)9-24-8-11(18(20,21)22)6-12(19)15(24)26/h6,8,10,13H,4-5,7,9H2,1-3H3,(H,23,25). The highest BCUT2D eigenvalue weighted by molar-refractivity contribution is 6.30. The molecule has 2 saturated carbocycles. The summed E-state index contributed by atoms with van der Waals surface area (Å²) in [6, 6.07) is 0.540. The monoisotopic (exact) mass is 390 g/mol. The maximum absolute atomic E-state index is 12.9. The van der Waals surface area contributed by atoms with Gasteiger partial charge < -0.3 is 9.88 Å². The van der Waals surface area contributed by atoms with E-state index in [2.05, 4.69) is 26.1 Å². The zero-order valence-electron chi connectivity index (χ0n) is 14.9. The summed E-state index contributed by atoms with van der Waals surface area (Å²) in [6.07, 6.45) is -1.02.